The molecule has 4 aromatic heterocycles. The van der Waals surface area contributed by atoms with Gasteiger partial charge in [0.25, 0.3) is 11.1 Å². The van der Waals surface area contributed by atoms with E-state index in [1.165, 1.54) is 0 Å². The molecule has 21 nitrogen and oxygen atoms in total. The number of H-pyrrole nitrogens is 2. The smallest absolute Gasteiger partial charge is 0.369 e. The van der Waals surface area contributed by atoms with Crippen LogP contribution in [0.3, 0.4) is 0 Å². The Bertz CT molecular complexity index is 2000. The summed E-state index contributed by atoms with van der Waals surface area (Å²) in [6, 6.07) is 0. The normalized spacial score (nSPS) is 37.7. The minimum absolute atomic E-state index is 0.111. The number of nitrogens with one attached hydrogen (secondary N) is 2. The molecule has 0 spiro atoms. The molecule has 3 aliphatic rings. The van der Waals surface area contributed by atoms with Gasteiger partial charge in [-0.05, 0) is 0 Å². The Morgan fingerprint density at radius 1 is 0.844 bits per heavy atom. The van der Waals surface area contributed by atoms with Crippen LogP contribution < -0.4 is 16.9 Å². The number of aromatic nitrogens is 8. The molecule has 242 valence electrons. The second kappa shape index (κ2) is 10.8. The monoisotopic (exact) mass is 679 g/mol. The molecule has 3 unspecified atom stereocenters. The van der Waals surface area contributed by atoms with Crippen LogP contribution in [0.25, 0.3) is 22.3 Å². The quantitative estimate of drug-likeness (QED) is 0.164. The summed E-state index contributed by atoms with van der Waals surface area (Å²) in [6.07, 6.45) is -12.2. The van der Waals surface area contributed by atoms with Crippen molar-refractivity contribution in [2.24, 2.45) is 0 Å². The van der Waals surface area contributed by atoms with Crippen LogP contribution in [-0.2, 0) is 36.7 Å². The van der Waals surface area contributed by atoms with E-state index in [1.807, 2.05) is 0 Å². The maximum absolute atomic E-state index is 15.8. The number of fused-ring (bicyclic) bond motifs is 5. The van der Waals surface area contributed by atoms with Crippen molar-refractivity contribution in [2.45, 2.75) is 49.2 Å². The molecule has 0 radical (unpaired) electrons. The fraction of sp³-hybridized carbons (Fsp3) is 0.500. The van der Waals surface area contributed by atoms with E-state index in [2.05, 4.69) is 29.9 Å². The van der Waals surface area contributed by atoms with Crippen molar-refractivity contribution in [1.82, 2.24) is 39.0 Å². The van der Waals surface area contributed by atoms with Gasteiger partial charge >= 0.3 is 15.6 Å². The van der Waals surface area contributed by atoms with Crippen LogP contribution >= 0.6 is 15.6 Å². The topological polar surface area (TPSA) is 283 Å². The number of phosphoric ester groups is 2. The van der Waals surface area contributed by atoms with E-state index in [4.69, 9.17) is 33.3 Å². The van der Waals surface area contributed by atoms with Crippen molar-refractivity contribution in [2.75, 3.05) is 18.9 Å². The van der Waals surface area contributed by atoms with Crippen LogP contribution in [-0.4, -0.2) is 98.8 Å². The van der Waals surface area contributed by atoms with Crippen LogP contribution in [0.1, 0.15) is 12.5 Å². The van der Waals surface area contributed by atoms with Gasteiger partial charge in [-0.3, -0.25) is 41.8 Å². The molecular weight excluding hydrogens is 658 g/mol. The number of imidazole rings is 2. The summed E-state index contributed by atoms with van der Waals surface area (Å²) >= 11 is 0. The number of anilines is 1. The van der Waals surface area contributed by atoms with Gasteiger partial charge in [-0.15, -0.1) is 0 Å². The zero-order valence-corrected chi connectivity index (χ0v) is 23.9. The first-order valence-corrected chi connectivity index (χ1v) is 15.8. The van der Waals surface area contributed by atoms with Gasteiger partial charge in [0.1, 0.15) is 24.4 Å². The van der Waals surface area contributed by atoms with Gasteiger partial charge in [0.15, 0.2) is 47.1 Å². The van der Waals surface area contributed by atoms with Gasteiger partial charge in [0.2, 0.25) is 5.95 Å². The number of hydrogen-bond acceptors (Lipinski definition) is 15. The highest BCUT2D eigenvalue weighted by atomic mass is 31.2. The molecule has 0 saturated carbocycles. The summed E-state index contributed by atoms with van der Waals surface area (Å²) in [5, 5.41) is 0. The first-order valence-electron chi connectivity index (χ1n) is 12.8. The standard InChI is InChI=1S/C20H21F2N9O12P2/c21-8-6-1-38-44(34,35)42-12-7(41-18(9(12)22)30-4-26-10-14(30)24-3-25-16(10)32)2-39-45(36,37)43-13(8)19(40-6)31-5-27-11-15(31)28-20(23)29-17(11)33/h3-9,12-13,18-19H,1-2H2,(H,34,35)(H,36,37)(H,24,25,32)(H3,23,28,29,33)/t6-,7?,8-,9+,12-,13-,18-,19-/m1/s1. The number of nitrogens with zero attached hydrogens (tertiary/aromatic N) is 6. The van der Waals surface area contributed by atoms with Crippen LogP contribution in [0.5, 0.6) is 0 Å². The van der Waals surface area contributed by atoms with Crippen LogP contribution in [0, 0.1) is 0 Å². The molecule has 0 aromatic carbocycles. The number of ether oxygens (including phenoxy) is 2. The number of aromatic amines is 2. The SMILES string of the molecule is Nc1nc2c(ncn2[C@@H]2O[C@@H]3COP(=O)(O)O[C@@H]4C(COP(=O)(O)O[C@@H]2[C@@H]3F)O[C@@H](n2cnc3c(=O)[nH]cnc32)[C@H]4F)c(=O)[nH]1. The lowest BCUT2D eigenvalue weighted by Gasteiger charge is -2.25. The highest BCUT2D eigenvalue weighted by Gasteiger charge is 2.55. The molecule has 3 fully saturated rings. The molecule has 3 saturated heterocycles. The average Bonchev–Trinajstić information content (AvgIpc) is 3.72. The van der Waals surface area contributed by atoms with Crippen LogP contribution in [0.4, 0.5) is 14.7 Å². The molecule has 0 amide bonds. The summed E-state index contributed by atoms with van der Waals surface area (Å²) in [5.41, 5.74) is 3.50. The summed E-state index contributed by atoms with van der Waals surface area (Å²) in [5.74, 6) is -0.333. The van der Waals surface area contributed by atoms with Crippen molar-refractivity contribution >= 4 is 43.9 Å². The number of nitrogen functional groups attached to an aromatic ring is 1. The van der Waals surface area contributed by atoms with Crippen LogP contribution in [0.15, 0.2) is 28.6 Å². The Morgan fingerprint density at radius 3 is 2.16 bits per heavy atom. The highest BCUT2D eigenvalue weighted by molar-refractivity contribution is 7.47. The third-order valence-electron chi connectivity index (χ3n) is 7.21. The molecule has 2 bridgehead atoms. The maximum Gasteiger partial charge on any atom is 0.472 e. The molecule has 45 heavy (non-hydrogen) atoms. The third kappa shape index (κ3) is 5.29. The Balaban J connectivity index is 1.21. The highest BCUT2D eigenvalue weighted by Crippen LogP contribution is 2.54. The second-order valence-corrected chi connectivity index (χ2v) is 12.8. The Morgan fingerprint density at radius 2 is 1.44 bits per heavy atom. The lowest BCUT2D eigenvalue weighted by atomic mass is 10.1. The fourth-order valence-corrected chi connectivity index (χ4v) is 7.11. The Labute approximate surface area is 246 Å². The molecule has 7 rings (SSSR count). The Hall–Kier alpha value is -3.50. The van der Waals surface area contributed by atoms with Gasteiger partial charge in [0.05, 0.1) is 32.2 Å². The van der Waals surface area contributed by atoms with E-state index < -0.39 is 89.2 Å². The maximum atomic E-state index is 15.8. The molecule has 4 aromatic rings. The van der Waals surface area contributed by atoms with Crippen molar-refractivity contribution < 1.29 is 55.3 Å². The Kier molecular flexibility index (Phi) is 7.24. The zero-order valence-electron chi connectivity index (χ0n) is 22.2. The van der Waals surface area contributed by atoms with Crippen molar-refractivity contribution in [3.63, 3.8) is 0 Å². The molecule has 6 N–H and O–H groups in total. The first-order chi connectivity index (χ1) is 21.3. The summed E-state index contributed by atoms with van der Waals surface area (Å²) < 4.78 is 90.9. The zero-order chi connectivity index (χ0) is 31.8. The lowest BCUT2D eigenvalue weighted by Crippen LogP contribution is -2.34. The van der Waals surface area contributed by atoms with Gasteiger partial charge in [-0.25, -0.2) is 32.9 Å². The molecule has 25 heteroatoms. The number of hydrogen-bond donors (Lipinski definition) is 5. The van der Waals surface area contributed by atoms with Gasteiger partial charge < -0.3 is 30.0 Å². The van der Waals surface area contributed by atoms with E-state index in [9.17, 15) is 28.5 Å². The first kappa shape index (κ1) is 30.2. The molecule has 3 aliphatic heterocycles. The summed E-state index contributed by atoms with van der Waals surface area (Å²) in [7, 11) is -10.5. The van der Waals surface area contributed by atoms with E-state index in [0.29, 0.717) is 0 Å². The summed E-state index contributed by atoms with van der Waals surface area (Å²) in [6.45, 7) is -1.99. The largest absolute Gasteiger partial charge is 0.472 e. The van der Waals surface area contributed by atoms with Gasteiger partial charge in [-0.1, -0.05) is 0 Å². The van der Waals surface area contributed by atoms with Crippen molar-refractivity contribution in [1.29, 1.82) is 0 Å². The molecule has 10 atom stereocenters. The molecular formula is C20H21F2N9O12P2. The van der Waals surface area contributed by atoms with Crippen molar-refractivity contribution in [3.05, 3.63) is 39.7 Å². The van der Waals surface area contributed by atoms with Crippen molar-refractivity contribution in [3.8, 4) is 0 Å². The number of halogens is 2. The second-order valence-electron chi connectivity index (χ2n) is 10.0. The minimum atomic E-state index is -5.26. The predicted octanol–water partition coefficient (Wildman–Crippen LogP) is -0.676. The minimum Gasteiger partial charge on any atom is -0.369 e. The van der Waals surface area contributed by atoms with E-state index in [1.54, 1.807) is 0 Å². The van der Waals surface area contributed by atoms with E-state index in [-0.39, 0.29) is 28.3 Å². The fourth-order valence-electron chi connectivity index (χ4n) is 5.23. The average molecular weight is 679 g/mol. The number of rotatable bonds is 2. The predicted molar refractivity (Wildman–Crippen MR) is 140 cm³/mol. The molecule has 0 aliphatic carbocycles. The van der Waals surface area contributed by atoms with Crippen LogP contribution in [0.2, 0.25) is 0 Å². The molecule has 7 heterocycles. The van der Waals surface area contributed by atoms with Gasteiger partial charge in [-0.2, -0.15) is 4.98 Å². The number of alkyl halides is 2. The third-order valence-corrected chi connectivity index (χ3v) is 9.18. The van der Waals surface area contributed by atoms with Gasteiger partial charge in [0, 0.05) is 0 Å². The van der Waals surface area contributed by atoms with E-state index in [0.717, 1.165) is 28.1 Å². The number of phosphoric acid groups is 2. The lowest BCUT2D eigenvalue weighted by molar-refractivity contribution is -0.0669. The number of nitrogens with two attached hydrogens (primary N) is 1. The van der Waals surface area contributed by atoms with E-state index >= 15 is 8.78 Å². The summed E-state index contributed by atoms with van der Waals surface area (Å²) in [4.78, 5) is 65.5.